The molecular formula is C10H12N4O2. The number of hydrogen-bond acceptors (Lipinski definition) is 5. The standard InChI is InChI=1S/C10H12N4O2/c1-7-10(16)9(4-15)8(2-12-7)3-14-6-11-5-13-14/h2,5-6,15-16H,3-4H2,1H3. The average molecular weight is 220 g/mol. The normalized spacial score (nSPS) is 10.6. The molecule has 2 heterocycles. The SMILES string of the molecule is Cc1ncc(Cn2cncn2)c(CO)c1O. The molecule has 0 bridgehead atoms. The summed E-state index contributed by atoms with van der Waals surface area (Å²) >= 11 is 0. The topological polar surface area (TPSA) is 84.1 Å². The maximum Gasteiger partial charge on any atom is 0.142 e. The largest absolute Gasteiger partial charge is 0.506 e. The van der Waals surface area contributed by atoms with Crippen molar-refractivity contribution in [3.05, 3.63) is 35.7 Å². The van der Waals surface area contributed by atoms with Crippen LogP contribution in [0, 0.1) is 6.92 Å². The van der Waals surface area contributed by atoms with Crippen LogP contribution in [0.25, 0.3) is 0 Å². The first kappa shape index (κ1) is 10.6. The van der Waals surface area contributed by atoms with Crippen LogP contribution in [0.3, 0.4) is 0 Å². The van der Waals surface area contributed by atoms with Gasteiger partial charge in [-0.25, -0.2) is 9.67 Å². The van der Waals surface area contributed by atoms with Gasteiger partial charge in [0.05, 0.1) is 18.8 Å². The highest BCUT2D eigenvalue weighted by Crippen LogP contribution is 2.23. The van der Waals surface area contributed by atoms with Gasteiger partial charge in [-0.2, -0.15) is 5.10 Å². The van der Waals surface area contributed by atoms with Crippen molar-refractivity contribution in [1.29, 1.82) is 0 Å². The molecule has 2 aromatic rings. The third kappa shape index (κ3) is 1.87. The van der Waals surface area contributed by atoms with Crippen LogP contribution in [0.1, 0.15) is 16.8 Å². The average Bonchev–Trinajstić information content (AvgIpc) is 2.77. The van der Waals surface area contributed by atoms with Crippen LogP contribution in [0.15, 0.2) is 18.9 Å². The molecular weight excluding hydrogens is 208 g/mol. The zero-order valence-corrected chi connectivity index (χ0v) is 8.83. The summed E-state index contributed by atoms with van der Waals surface area (Å²) in [6.07, 6.45) is 4.63. The molecule has 0 unspecified atom stereocenters. The summed E-state index contributed by atoms with van der Waals surface area (Å²) in [4.78, 5) is 7.87. The third-order valence-electron chi connectivity index (χ3n) is 2.39. The first-order valence-electron chi connectivity index (χ1n) is 4.82. The fraction of sp³-hybridized carbons (Fsp3) is 0.300. The van der Waals surface area contributed by atoms with E-state index < -0.39 is 0 Å². The van der Waals surface area contributed by atoms with Crippen molar-refractivity contribution in [2.45, 2.75) is 20.1 Å². The highest BCUT2D eigenvalue weighted by molar-refractivity contribution is 5.40. The molecule has 2 rings (SSSR count). The van der Waals surface area contributed by atoms with Crippen molar-refractivity contribution in [3.63, 3.8) is 0 Å². The number of aliphatic hydroxyl groups excluding tert-OH is 1. The molecule has 6 heteroatoms. The first-order chi connectivity index (χ1) is 7.72. The lowest BCUT2D eigenvalue weighted by Crippen LogP contribution is -2.05. The predicted molar refractivity (Wildman–Crippen MR) is 55.7 cm³/mol. The second-order valence-electron chi connectivity index (χ2n) is 3.45. The van der Waals surface area contributed by atoms with E-state index >= 15 is 0 Å². The minimum atomic E-state index is -0.223. The van der Waals surface area contributed by atoms with E-state index in [-0.39, 0.29) is 12.4 Å². The van der Waals surface area contributed by atoms with Crippen molar-refractivity contribution in [2.24, 2.45) is 0 Å². The van der Waals surface area contributed by atoms with Crippen LogP contribution in [-0.2, 0) is 13.2 Å². The van der Waals surface area contributed by atoms with Crippen molar-refractivity contribution in [1.82, 2.24) is 19.7 Å². The number of hydrogen-bond donors (Lipinski definition) is 2. The summed E-state index contributed by atoms with van der Waals surface area (Å²) in [5, 5.41) is 22.9. The number of aryl methyl sites for hydroxylation is 1. The molecule has 0 aromatic carbocycles. The minimum absolute atomic E-state index is 0.0418. The van der Waals surface area contributed by atoms with E-state index in [4.69, 9.17) is 0 Å². The summed E-state index contributed by atoms with van der Waals surface area (Å²) < 4.78 is 1.60. The Morgan fingerprint density at radius 2 is 2.25 bits per heavy atom. The highest BCUT2D eigenvalue weighted by Gasteiger charge is 2.11. The maximum atomic E-state index is 9.74. The Kier molecular flexibility index (Phi) is 2.82. The lowest BCUT2D eigenvalue weighted by molar-refractivity contribution is 0.273. The lowest BCUT2D eigenvalue weighted by Gasteiger charge is -2.10. The number of aromatic nitrogens is 4. The molecule has 0 amide bonds. The first-order valence-corrected chi connectivity index (χ1v) is 4.82. The molecule has 0 radical (unpaired) electrons. The molecule has 0 atom stereocenters. The third-order valence-corrected chi connectivity index (χ3v) is 2.39. The van der Waals surface area contributed by atoms with Crippen molar-refractivity contribution in [2.75, 3.05) is 0 Å². The molecule has 0 aliphatic carbocycles. The van der Waals surface area contributed by atoms with Gasteiger partial charge in [0.1, 0.15) is 18.4 Å². The van der Waals surface area contributed by atoms with Crippen LogP contribution in [0.4, 0.5) is 0 Å². The minimum Gasteiger partial charge on any atom is -0.506 e. The Labute approximate surface area is 92.2 Å². The Hall–Kier alpha value is -1.95. The van der Waals surface area contributed by atoms with Gasteiger partial charge in [0.2, 0.25) is 0 Å². The van der Waals surface area contributed by atoms with E-state index in [1.54, 1.807) is 24.1 Å². The smallest absolute Gasteiger partial charge is 0.142 e. The molecule has 0 saturated heterocycles. The van der Waals surface area contributed by atoms with E-state index in [9.17, 15) is 10.2 Å². The molecule has 84 valence electrons. The van der Waals surface area contributed by atoms with Gasteiger partial charge in [-0.05, 0) is 6.92 Å². The summed E-state index contributed by atoms with van der Waals surface area (Å²) in [5.74, 6) is 0.0418. The second-order valence-corrected chi connectivity index (χ2v) is 3.45. The molecule has 6 nitrogen and oxygen atoms in total. The number of aliphatic hydroxyl groups is 1. The Morgan fingerprint density at radius 3 is 2.88 bits per heavy atom. The van der Waals surface area contributed by atoms with Crippen molar-refractivity contribution in [3.8, 4) is 5.75 Å². The van der Waals surface area contributed by atoms with Crippen LogP contribution in [0.2, 0.25) is 0 Å². The van der Waals surface area contributed by atoms with Crippen molar-refractivity contribution >= 4 is 0 Å². The van der Waals surface area contributed by atoms with Crippen LogP contribution in [-0.4, -0.2) is 30.0 Å². The van der Waals surface area contributed by atoms with Gasteiger partial charge in [-0.3, -0.25) is 4.98 Å². The number of aromatic hydroxyl groups is 1. The Bertz CT molecular complexity index is 482. The van der Waals surface area contributed by atoms with Crippen LogP contribution in [0.5, 0.6) is 5.75 Å². The summed E-state index contributed by atoms with van der Waals surface area (Å²) in [6.45, 7) is 1.89. The number of nitrogens with zero attached hydrogens (tertiary/aromatic N) is 4. The van der Waals surface area contributed by atoms with E-state index in [0.717, 1.165) is 5.56 Å². The monoisotopic (exact) mass is 220 g/mol. The zero-order chi connectivity index (χ0) is 11.5. The number of rotatable bonds is 3. The molecule has 2 aromatic heterocycles. The molecule has 2 N–H and O–H groups in total. The lowest BCUT2D eigenvalue weighted by atomic mass is 10.1. The molecule has 16 heavy (non-hydrogen) atoms. The van der Waals surface area contributed by atoms with E-state index in [1.807, 2.05) is 0 Å². The van der Waals surface area contributed by atoms with E-state index in [1.165, 1.54) is 6.33 Å². The molecule has 0 aliphatic heterocycles. The molecule has 0 saturated carbocycles. The summed E-state index contributed by atoms with van der Waals surface area (Å²) in [7, 11) is 0. The zero-order valence-electron chi connectivity index (χ0n) is 8.83. The molecule has 0 aliphatic rings. The maximum absolute atomic E-state index is 9.74. The van der Waals surface area contributed by atoms with Gasteiger partial charge in [0.25, 0.3) is 0 Å². The Balaban J connectivity index is 2.37. The van der Waals surface area contributed by atoms with Gasteiger partial charge in [0, 0.05) is 17.3 Å². The summed E-state index contributed by atoms with van der Waals surface area (Å²) in [6, 6.07) is 0. The van der Waals surface area contributed by atoms with Gasteiger partial charge in [-0.1, -0.05) is 0 Å². The highest BCUT2D eigenvalue weighted by atomic mass is 16.3. The number of pyridine rings is 1. The van der Waals surface area contributed by atoms with E-state index in [0.29, 0.717) is 17.8 Å². The van der Waals surface area contributed by atoms with Crippen LogP contribution >= 0.6 is 0 Å². The quantitative estimate of drug-likeness (QED) is 0.773. The van der Waals surface area contributed by atoms with Crippen LogP contribution < -0.4 is 0 Å². The Morgan fingerprint density at radius 1 is 1.44 bits per heavy atom. The van der Waals surface area contributed by atoms with Gasteiger partial charge in [0.15, 0.2) is 0 Å². The fourth-order valence-corrected chi connectivity index (χ4v) is 1.49. The van der Waals surface area contributed by atoms with E-state index in [2.05, 4.69) is 15.1 Å². The fourth-order valence-electron chi connectivity index (χ4n) is 1.49. The summed E-state index contributed by atoms with van der Waals surface area (Å²) in [5.41, 5.74) is 1.73. The van der Waals surface area contributed by atoms with Gasteiger partial charge >= 0.3 is 0 Å². The van der Waals surface area contributed by atoms with Gasteiger partial charge < -0.3 is 10.2 Å². The molecule has 0 fully saturated rings. The molecule has 0 spiro atoms. The second kappa shape index (κ2) is 4.28. The predicted octanol–water partition coefficient (Wildman–Crippen LogP) is 0.228. The van der Waals surface area contributed by atoms with Gasteiger partial charge in [-0.15, -0.1) is 0 Å². The van der Waals surface area contributed by atoms with Crippen molar-refractivity contribution < 1.29 is 10.2 Å².